The van der Waals surface area contributed by atoms with Gasteiger partial charge in [-0.25, -0.2) is 4.39 Å². The lowest BCUT2D eigenvalue weighted by Crippen LogP contribution is -2.36. The summed E-state index contributed by atoms with van der Waals surface area (Å²) in [4.78, 5) is 2.29. The monoisotopic (exact) mass is 292 g/mol. The van der Waals surface area contributed by atoms with Crippen LogP contribution in [0.2, 0.25) is 0 Å². The highest BCUT2D eigenvalue weighted by atomic mass is 19.1. The number of rotatable bonds is 6. The third kappa shape index (κ3) is 3.81. The number of likely N-dealkylation sites (tertiary alicyclic amines) is 1. The molecule has 1 aromatic heterocycles. The number of fused-ring (bicyclic) bond motifs is 1. The molecule has 1 aromatic carbocycles. The molecule has 0 saturated carbocycles. The van der Waals surface area contributed by atoms with Gasteiger partial charge >= 0.3 is 0 Å². The quantitative estimate of drug-likeness (QED) is 0.856. The van der Waals surface area contributed by atoms with Crippen molar-refractivity contribution in [2.75, 3.05) is 26.2 Å². The minimum atomic E-state index is -0.370. The van der Waals surface area contributed by atoms with Crippen LogP contribution < -0.4 is 5.32 Å². The van der Waals surface area contributed by atoms with E-state index < -0.39 is 0 Å². The summed E-state index contributed by atoms with van der Waals surface area (Å²) >= 11 is 0. The van der Waals surface area contributed by atoms with E-state index in [1.54, 1.807) is 6.07 Å². The maximum absolute atomic E-state index is 13.1. The highest BCUT2D eigenvalue weighted by Gasteiger charge is 2.15. The molecule has 1 aliphatic rings. The summed E-state index contributed by atoms with van der Waals surface area (Å²) in [7, 11) is 0. The zero-order chi connectivity index (χ0) is 14.7. The first-order chi connectivity index (χ1) is 10.2. The SMILES string of the molecule is OC(CNCc1cc2cc(F)ccc2o1)CN1CCCC1. The van der Waals surface area contributed by atoms with Crippen molar-refractivity contribution in [2.45, 2.75) is 25.5 Å². The van der Waals surface area contributed by atoms with Gasteiger partial charge in [-0.3, -0.25) is 0 Å². The summed E-state index contributed by atoms with van der Waals surface area (Å²) in [6.07, 6.45) is 2.09. The van der Waals surface area contributed by atoms with Crippen LogP contribution in [-0.2, 0) is 6.54 Å². The fourth-order valence-electron chi connectivity index (χ4n) is 2.85. The third-order valence-electron chi connectivity index (χ3n) is 3.88. The first-order valence-corrected chi connectivity index (χ1v) is 7.50. The Bertz CT molecular complexity index is 593. The van der Waals surface area contributed by atoms with E-state index in [0.717, 1.165) is 30.8 Å². The van der Waals surface area contributed by atoms with Gasteiger partial charge in [0, 0.05) is 18.5 Å². The summed E-state index contributed by atoms with van der Waals surface area (Å²) < 4.78 is 18.7. The molecule has 4 nitrogen and oxygen atoms in total. The van der Waals surface area contributed by atoms with Gasteiger partial charge in [0.2, 0.25) is 0 Å². The summed E-state index contributed by atoms with van der Waals surface area (Å²) in [6, 6.07) is 6.32. The standard InChI is InChI=1S/C16H21FN2O2/c17-13-3-4-16-12(7-13)8-15(21-16)10-18-9-14(20)11-19-5-1-2-6-19/h3-4,7-8,14,18,20H,1-2,5-6,9-11H2. The Morgan fingerprint density at radius 1 is 1.29 bits per heavy atom. The van der Waals surface area contributed by atoms with Gasteiger partial charge in [0.25, 0.3) is 0 Å². The normalized spacial score (nSPS) is 17.6. The van der Waals surface area contributed by atoms with E-state index in [4.69, 9.17) is 4.42 Å². The number of nitrogens with zero attached hydrogens (tertiary/aromatic N) is 1. The van der Waals surface area contributed by atoms with Gasteiger partial charge in [-0.15, -0.1) is 0 Å². The van der Waals surface area contributed by atoms with Gasteiger partial charge in [0.1, 0.15) is 17.2 Å². The molecule has 5 heteroatoms. The van der Waals surface area contributed by atoms with Crippen LogP contribution in [-0.4, -0.2) is 42.3 Å². The van der Waals surface area contributed by atoms with Crippen LogP contribution in [0.3, 0.4) is 0 Å². The lowest BCUT2D eigenvalue weighted by Gasteiger charge is -2.19. The van der Waals surface area contributed by atoms with E-state index in [-0.39, 0.29) is 11.9 Å². The smallest absolute Gasteiger partial charge is 0.134 e. The molecule has 114 valence electrons. The van der Waals surface area contributed by atoms with Crippen molar-refractivity contribution in [3.05, 3.63) is 35.8 Å². The minimum absolute atomic E-state index is 0.260. The maximum Gasteiger partial charge on any atom is 0.134 e. The number of nitrogens with one attached hydrogen (secondary N) is 1. The number of hydrogen-bond donors (Lipinski definition) is 2. The molecule has 2 heterocycles. The van der Waals surface area contributed by atoms with Crippen molar-refractivity contribution in [1.29, 1.82) is 0 Å². The highest BCUT2D eigenvalue weighted by molar-refractivity contribution is 5.77. The van der Waals surface area contributed by atoms with Crippen LogP contribution in [0, 0.1) is 5.82 Å². The third-order valence-corrected chi connectivity index (χ3v) is 3.88. The Kier molecular flexibility index (Phi) is 4.53. The van der Waals surface area contributed by atoms with Crippen LogP contribution in [0.25, 0.3) is 11.0 Å². The summed E-state index contributed by atoms with van der Waals surface area (Å²) in [5, 5.41) is 13.9. The molecule has 0 bridgehead atoms. The first-order valence-electron chi connectivity index (χ1n) is 7.50. The Morgan fingerprint density at radius 2 is 2.10 bits per heavy atom. The fraction of sp³-hybridized carbons (Fsp3) is 0.500. The van der Waals surface area contributed by atoms with Crippen LogP contribution >= 0.6 is 0 Å². The second-order valence-corrected chi connectivity index (χ2v) is 5.69. The van der Waals surface area contributed by atoms with Gasteiger partial charge in [-0.05, 0) is 50.2 Å². The zero-order valence-electron chi connectivity index (χ0n) is 12.0. The molecule has 21 heavy (non-hydrogen) atoms. The number of benzene rings is 1. The van der Waals surface area contributed by atoms with Crippen molar-refractivity contribution >= 4 is 11.0 Å². The predicted molar refractivity (Wildman–Crippen MR) is 79.6 cm³/mol. The number of β-amino-alcohol motifs (C(OH)–C–C–N with tert-alkyl or cyclic N) is 1. The predicted octanol–water partition coefficient (Wildman–Crippen LogP) is 2.12. The first kappa shape index (κ1) is 14.5. The molecule has 0 aliphatic carbocycles. The van der Waals surface area contributed by atoms with E-state index in [1.165, 1.54) is 25.0 Å². The molecule has 1 fully saturated rings. The molecule has 1 unspecified atom stereocenters. The molecule has 2 aromatic rings. The molecule has 1 atom stereocenters. The fourth-order valence-corrected chi connectivity index (χ4v) is 2.85. The Balaban J connectivity index is 1.47. The van der Waals surface area contributed by atoms with Gasteiger partial charge < -0.3 is 19.7 Å². The van der Waals surface area contributed by atoms with E-state index in [0.29, 0.717) is 18.7 Å². The Labute approximate surface area is 123 Å². The Hall–Kier alpha value is -1.43. The number of aliphatic hydroxyl groups excluding tert-OH is 1. The summed E-state index contributed by atoms with van der Waals surface area (Å²) in [5.41, 5.74) is 0.686. The second kappa shape index (κ2) is 6.56. The lowest BCUT2D eigenvalue weighted by atomic mass is 10.2. The van der Waals surface area contributed by atoms with Gasteiger partial charge in [0.05, 0.1) is 12.6 Å². The number of aliphatic hydroxyl groups is 1. The lowest BCUT2D eigenvalue weighted by molar-refractivity contribution is 0.123. The Morgan fingerprint density at radius 3 is 2.90 bits per heavy atom. The van der Waals surface area contributed by atoms with Crippen LogP contribution in [0.5, 0.6) is 0 Å². The topological polar surface area (TPSA) is 48.6 Å². The molecule has 0 spiro atoms. The largest absolute Gasteiger partial charge is 0.460 e. The van der Waals surface area contributed by atoms with E-state index >= 15 is 0 Å². The van der Waals surface area contributed by atoms with E-state index in [1.807, 2.05) is 6.07 Å². The summed E-state index contributed by atoms with van der Waals surface area (Å²) in [5.74, 6) is 0.493. The maximum atomic E-state index is 13.1. The van der Waals surface area contributed by atoms with Crippen molar-refractivity contribution in [2.24, 2.45) is 0 Å². The minimum Gasteiger partial charge on any atom is -0.460 e. The molecular formula is C16H21FN2O2. The zero-order valence-corrected chi connectivity index (χ0v) is 12.0. The van der Waals surface area contributed by atoms with Crippen molar-refractivity contribution < 1.29 is 13.9 Å². The second-order valence-electron chi connectivity index (χ2n) is 5.69. The van der Waals surface area contributed by atoms with Crippen molar-refractivity contribution in [1.82, 2.24) is 10.2 Å². The molecular weight excluding hydrogens is 271 g/mol. The average Bonchev–Trinajstić information content (AvgIpc) is 3.07. The molecule has 2 N–H and O–H groups in total. The number of hydrogen-bond acceptors (Lipinski definition) is 4. The van der Waals surface area contributed by atoms with Crippen LogP contribution in [0.1, 0.15) is 18.6 Å². The van der Waals surface area contributed by atoms with E-state index in [9.17, 15) is 9.50 Å². The van der Waals surface area contributed by atoms with Crippen LogP contribution in [0.15, 0.2) is 28.7 Å². The molecule has 1 saturated heterocycles. The molecule has 1 aliphatic heterocycles. The molecule has 0 radical (unpaired) electrons. The van der Waals surface area contributed by atoms with Gasteiger partial charge in [-0.1, -0.05) is 0 Å². The number of halogens is 1. The molecule has 3 rings (SSSR count). The van der Waals surface area contributed by atoms with Crippen LogP contribution in [0.4, 0.5) is 4.39 Å². The average molecular weight is 292 g/mol. The van der Waals surface area contributed by atoms with Gasteiger partial charge in [-0.2, -0.15) is 0 Å². The summed E-state index contributed by atoms with van der Waals surface area (Å²) in [6.45, 7) is 3.96. The van der Waals surface area contributed by atoms with E-state index in [2.05, 4.69) is 10.2 Å². The molecule has 0 amide bonds. The number of furan rings is 1. The van der Waals surface area contributed by atoms with Crippen molar-refractivity contribution in [3.8, 4) is 0 Å². The van der Waals surface area contributed by atoms with Gasteiger partial charge in [0.15, 0.2) is 0 Å². The van der Waals surface area contributed by atoms with Crippen molar-refractivity contribution in [3.63, 3.8) is 0 Å². The highest BCUT2D eigenvalue weighted by Crippen LogP contribution is 2.20.